The van der Waals surface area contributed by atoms with Gasteiger partial charge in [0.05, 0.1) is 0 Å². The second-order valence-electron chi connectivity index (χ2n) is 7.13. The van der Waals surface area contributed by atoms with Crippen LogP contribution >= 0.6 is 22.9 Å². The summed E-state index contributed by atoms with van der Waals surface area (Å²) in [5.41, 5.74) is 0.716. The van der Waals surface area contributed by atoms with Gasteiger partial charge in [0.15, 0.2) is 0 Å². The summed E-state index contributed by atoms with van der Waals surface area (Å²) in [4.78, 5) is 5.26. The van der Waals surface area contributed by atoms with E-state index in [9.17, 15) is 0 Å². The fraction of sp³-hybridized carbons (Fsp3) is 1.00. The normalized spacial score (nSPS) is 34.1. The van der Waals surface area contributed by atoms with E-state index in [2.05, 4.69) is 42.8 Å². The number of halogens is 1. The topological polar surface area (TPSA) is 9.72 Å². The van der Waals surface area contributed by atoms with E-state index in [1.807, 2.05) is 0 Å². The lowest BCUT2D eigenvalue weighted by Gasteiger charge is -2.46. The van der Waals surface area contributed by atoms with Gasteiger partial charge in [0.2, 0.25) is 0 Å². The lowest BCUT2D eigenvalue weighted by atomic mass is 9.71. The number of nitrogens with zero attached hydrogens (tertiary/aromatic N) is 3. The molecule has 3 aliphatic rings. The van der Waals surface area contributed by atoms with Crippen molar-refractivity contribution < 1.29 is 0 Å². The van der Waals surface area contributed by atoms with Gasteiger partial charge in [-0.15, -0.1) is 0 Å². The molecule has 3 nitrogen and oxygen atoms in total. The van der Waals surface area contributed by atoms with Gasteiger partial charge in [-0.05, 0) is 76.7 Å². The number of piperidine rings is 2. The van der Waals surface area contributed by atoms with Crippen LogP contribution in [0.2, 0.25) is 0 Å². The third-order valence-electron chi connectivity index (χ3n) is 5.72. The molecule has 3 saturated heterocycles. The molecule has 0 radical (unpaired) electrons. The van der Waals surface area contributed by atoms with Crippen molar-refractivity contribution in [3.05, 3.63) is 0 Å². The Morgan fingerprint density at radius 2 is 1.63 bits per heavy atom. The largest absolute Gasteiger partial charge is 0.306 e. The molecule has 3 heterocycles. The van der Waals surface area contributed by atoms with Crippen molar-refractivity contribution in [1.29, 1.82) is 0 Å². The van der Waals surface area contributed by atoms with Gasteiger partial charge in [-0.1, -0.05) is 0 Å². The minimum atomic E-state index is 0.716. The predicted molar refractivity (Wildman–Crippen MR) is 88.5 cm³/mol. The molecule has 110 valence electrons. The van der Waals surface area contributed by atoms with Gasteiger partial charge in [0.1, 0.15) is 0 Å². The van der Waals surface area contributed by atoms with Crippen molar-refractivity contribution in [2.75, 3.05) is 52.9 Å². The first-order valence-electron chi connectivity index (χ1n) is 7.97. The highest BCUT2D eigenvalue weighted by molar-refractivity contribution is 14.1. The van der Waals surface area contributed by atoms with Crippen LogP contribution in [0.15, 0.2) is 0 Å². The van der Waals surface area contributed by atoms with Gasteiger partial charge in [-0.25, -0.2) is 3.11 Å². The molecule has 4 heteroatoms. The van der Waals surface area contributed by atoms with Crippen molar-refractivity contribution in [3.63, 3.8) is 0 Å². The average Bonchev–Trinajstić information content (AvgIpc) is 2.82. The summed E-state index contributed by atoms with van der Waals surface area (Å²) in [6, 6.07) is 0. The SMILES string of the molecule is CN1CCC2(CC1)CCN(CC1CCN(I)C1)CC2. The van der Waals surface area contributed by atoms with Gasteiger partial charge < -0.3 is 9.80 Å². The van der Waals surface area contributed by atoms with Crippen LogP contribution in [0.4, 0.5) is 0 Å². The molecular formula is C15H28IN3. The Morgan fingerprint density at radius 1 is 1.00 bits per heavy atom. The van der Waals surface area contributed by atoms with Crippen LogP contribution in [0.5, 0.6) is 0 Å². The van der Waals surface area contributed by atoms with E-state index >= 15 is 0 Å². The summed E-state index contributed by atoms with van der Waals surface area (Å²) < 4.78 is 2.46. The van der Waals surface area contributed by atoms with Crippen molar-refractivity contribution in [3.8, 4) is 0 Å². The zero-order chi connectivity index (χ0) is 13.3. The number of likely N-dealkylation sites (tertiary alicyclic amines) is 2. The van der Waals surface area contributed by atoms with Crippen molar-refractivity contribution in [2.24, 2.45) is 11.3 Å². The molecule has 0 saturated carbocycles. The molecule has 1 unspecified atom stereocenters. The van der Waals surface area contributed by atoms with Crippen molar-refractivity contribution in [1.82, 2.24) is 12.9 Å². The van der Waals surface area contributed by atoms with E-state index in [1.165, 1.54) is 77.9 Å². The van der Waals surface area contributed by atoms with Crippen LogP contribution < -0.4 is 0 Å². The van der Waals surface area contributed by atoms with Crippen LogP contribution in [0.1, 0.15) is 32.1 Å². The molecule has 0 aromatic carbocycles. The number of rotatable bonds is 2. The third kappa shape index (κ3) is 3.63. The highest BCUT2D eigenvalue weighted by Crippen LogP contribution is 2.41. The van der Waals surface area contributed by atoms with Gasteiger partial charge in [-0.3, -0.25) is 0 Å². The molecule has 1 atom stereocenters. The van der Waals surface area contributed by atoms with Gasteiger partial charge >= 0.3 is 0 Å². The quantitative estimate of drug-likeness (QED) is 0.541. The highest BCUT2D eigenvalue weighted by Gasteiger charge is 2.37. The Hall–Kier alpha value is 0.610. The Bertz CT molecular complexity index is 292. The first-order chi connectivity index (χ1) is 9.15. The molecule has 1 spiro atoms. The second-order valence-corrected chi connectivity index (χ2v) is 8.49. The van der Waals surface area contributed by atoms with Crippen molar-refractivity contribution in [2.45, 2.75) is 32.1 Å². The molecule has 0 aromatic heterocycles. The maximum Gasteiger partial charge on any atom is 0.0201 e. The van der Waals surface area contributed by atoms with E-state index in [1.54, 1.807) is 0 Å². The van der Waals surface area contributed by atoms with E-state index in [4.69, 9.17) is 0 Å². The Morgan fingerprint density at radius 3 is 2.21 bits per heavy atom. The highest BCUT2D eigenvalue weighted by atomic mass is 127. The summed E-state index contributed by atoms with van der Waals surface area (Å²) in [7, 11) is 2.28. The van der Waals surface area contributed by atoms with Crippen LogP contribution in [0, 0.1) is 11.3 Å². The van der Waals surface area contributed by atoms with Gasteiger partial charge in [0.25, 0.3) is 0 Å². The number of hydrogen-bond donors (Lipinski definition) is 0. The molecule has 0 aromatic rings. The molecule has 0 N–H and O–H groups in total. The molecule has 3 fully saturated rings. The summed E-state index contributed by atoms with van der Waals surface area (Å²) >= 11 is 2.48. The summed E-state index contributed by atoms with van der Waals surface area (Å²) in [5.74, 6) is 0.934. The second kappa shape index (κ2) is 6.16. The molecule has 19 heavy (non-hydrogen) atoms. The molecule has 0 aliphatic carbocycles. The smallest absolute Gasteiger partial charge is 0.0201 e. The Labute approximate surface area is 132 Å². The first-order valence-corrected chi connectivity index (χ1v) is 8.93. The van der Waals surface area contributed by atoms with Gasteiger partial charge in [-0.2, -0.15) is 0 Å². The molecule has 0 amide bonds. The molecule has 0 bridgehead atoms. The van der Waals surface area contributed by atoms with Crippen LogP contribution in [-0.2, 0) is 0 Å². The monoisotopic (exact) mass is 377 g/mol. The Kier molecular flexibility index (Phi) is 4.71. The maximum atomic E-state index is 2.75. The summed E-state index contributed by atoms with van der Waals surface area (Å²) in [5, 5.41) is 0. The van der Waals surface area contributed by atoms with E-state index in [0.29, 0.717) is 5.41 Å². The minimum Gasteiger partial charge on any atom is -0.306 e. The molecule has 3 rings (SSSR count). The van der Waals surface area contributed by atoms with Crippen molar-refractivity contribution >= 4 is 22.9 Å². The fourth-order valence-electron chi connectivity index (χ4n) is 4.10. The average molecular weight is 377 g/mol. The van der Waals surface area contributed by atoms with E-state index in [0.717, 1.165) is 5.92 Å². The standard InChI is InChI=1S/C15H28IN3/c1-17-8-3-15(4-9-17)5-10-18(11-6-15)12-14-2-7-19(16)13-14/h14H,2-13H2,1H3. The first kappa shape index (κ1) is 14.5. The fourth-order valence-corrected chi connectivity index (χ4v) is 4.94. The van der Waals surface area contributed by atoms with Crippen LogP contribution in [0.3, 0.4) is 0 Å². The lowest BCUT2D eigenvalue weighted by molar-refractivity contribution is 0.0380. The third-order valence-corrected chi connectivity index (χ3v) is 6.59. The zero-order valence-electron chi connectivity index (χ0n) is 12.3. The maximum absolute atomic E-state index is 2.75. The predicted octanol–water partition coefficient (Wildman–Crippen LogP) is 2.47. The summed E-state index contributed by atoms with van der Waals surface area (Å²) in [6.07, 6.45) is 7.23. The van der Waals surface area contributed by atoms with E-state index in [-0.39, 0.29) is 0 Å². The van der Waals surface area contributed by atoms with E-state index < -0.39 is 0 Å². The lowest BCUT2D eigenvalue weighted by Crippen LogP contribution is -2.47. The summed E-state index contributed by atoms with van der Waals surface area (Å²) in [6.45, 7) is 9.35. The Balaban J connectivity index is 1.44. The number of hydrogen-bond acceptors (Lipinski definition) is 3. The molecular weight excluding hydrogens is 349 g/mol. The van der Waals surface area contributed by atoms with Gasteiger partial charge in [0, 0.05) is 42.5 Å². The van der Waals surface area contributed by atoms with Crippen LogP contribution in [-0.4, -0.2) is 65.8 Å². The van der Waals surface area contributed by atoms with Crippen LogP contribution in [0.25, 0.3) is 0 Å². The molecule has 3 aliphatic heterocycles. The minimum absolute atomic E-state index is 0.716. The zero-order valence-corrected chi connectivity index (χ0v) is 14.4.